The molecule has 7 heteroatoms. The van der Waals surface area contributed by atoms with Crippen LogP contribution in [0, 0.1) is 13.8 Å². The van der Waals surface area contributed by atoms with Gasteiger partial charge >= 0.3 is 0 Å². The Balaban J connectivity index is 2.22. The summed E-state index contributed by atoms with van der Waals surface area (Å²) in [5.74, 6) is 0.608. The molecule has 0 aliphatic heterocycles. The molecule has 0 aliphatic rings. The van der Waals surface area contributed by atoms with Crippen LogP contribution in [0.3, 0.4) is 0 Å². The molecule has 23 heavy (non-hydrogen) atoms. The van der Waals surface area contributed by atoms with Crippen LogP contribution >= 0.6 is 0 Å². The van der Waals surface area contributed by atoms with E-state index >= 15 is 0 Å². The molecule has 0 atom stereocenters. The van der Waals surface area contributed by atoms with E-state index in [0.717, 1.165) is 34.3 Å². The number of nitrogens with zero attached hydrogens (tertiary/aromatic N) is 3. The highest BCUT2D eigenvalue weighted by atomic mass is 16.5. The summed E-state index contributed by atoms with van der Waals surface area (Å²) in [5, 5.41) is 8.13. The van der Waals surface area contributed by atoms with Gasteiger partial charge in [0.15, 0.2) is 5.65 Å². The van der Waals surface area contributed by atoms with E-state index in [1.54, 1.807) is 11.8 Å². The predicted octanol–water partition coefficient (Wildman–Crippen LogP) is 0.991. The van der Waals surface area contributed by atoms with Gasteiger partial charge in [-0.05, 0) is 44.4 Å². The lowest BCUT2D eigenvalue weighted by Gasteiger charge is -2.11. The first kappa shape index (κ1) is 17.2. The second-order valence-corrected chi connectivity index (χ2v) is 5.62. The molecule has 1 amide bonds. The molecule has 2 aromatic rings. The maximum Gasteiger partial charge on any atom is 0.242 e. The van der Waals surface area contributed by atoms with Crippen molar-refractivity contribution in [2.45, 2.75) is 33.1 Å². The number of hydrogen-bond acceptors (Lipinski definition) is 5. The number of aromatic nitrogens is 3. The number of methoxy groups -OCH3 is 1. The maximum atomic E-state index is 11.9. The van der Waals surface area contributed by atoms with Gasteiger partial charge in [-0.25, -0.2) is 9.67 Å². The number of rotatable bonds is 7. The van der Waals surface area contributed by atoms with Crippen LogP contribution in [0.5, 0.6) is 5.88 Å². The molecule has 0 spiro atoms. The van der Waals surface area contributed by atoms with Gasteiger partial charge in [-0.2, -0.15) is 0 Å². The third-order valence-electron chi connectivity index (χ3n) is 4.02. The van der Waals surface area contributed by atoms with Crippen LogP contribution in [-0.4, -0.2) is 40.9 Å². The van der Waals surface area contributed by atoms with Gasteiger partial charge in [0.1, 0.15) is 0 Å². The third-order valence-corrected chi connectivity index (χ3v) is 4.02. The van der Waals surface area contributed by atoms with Crippen molar-refractivity contribution in [1.82, 2.24) is 20.1 Å². The van der Waals surface area contributed by atoms with E-state index in [1.807, 2.05) is 20.9 Å². The van der Waals surface area contributed by atoms with E-state index in [2.05, 4.69) is 15.4 Å². The van der Waals surface area contributed by atoms with Crippen LogP contribution in [0.15, 0.2) is 0 Å². The number of carbonyl (C=O) groups is 1. The van der Waals surface area contributed by atoms with Crippen LogP contribution in [-0.2, 0) is 18.3 Å². The summed E-state index contributed by atoms with van der Waals surface area (Å²) < 4.78 is 7.07. The minimum atomic E-state index is 0.0375. The molecule has 0 unspecified atom stereocenters. The first-order valence-corrected chi connectivity index (χ1v) is 7.83. The zero-order valence-corrected chi connectivity index (χ0v) is 14.3. The molecule has 0 saturated heterocycles. The van der Waals surface area contributed by atoms with E-state index in [-0.39, 0.29) is 5.91 Å². The normalized spacial score (nSPS) is 11.0. The molecular weight excluding hydrogens is 294 g/mol. The topological polar surface area (TPSA) is 95.1 Å². The van der Waals surface area contributed by atoms with E-state index in [1.165, 1.54) is 0 Å². The summed E-state index contributed by atoms with van der Waals surface area (Å²) in [6, 6.07) is 0. The third kappa shape index (κ3) is 3.61. The fourth-order valence-electron chi connectivity index (χ4n) is 2.76. The summed E-state index contributed by atoms with van der Waals surface area (Å²) in [5.41, 5.74) is 9.31. The lowest BCUT2D eigenvalue weighted by molar-refractivity contribution is -0.121. The van der Waals surface area contributed by atoms with Gasteiger partial charge in [0, 0.05) is 25.7 Å². The number of hydrogen-bond donors (Lipinski definition) is 2. The molecule has 0 radical (unpaired) electrons. The van der Waals surface area contributed by atoms with E-state index in [4.69, 9.17) is 10.5 Å². The van der Waals surface area contributed by atoms with Gasteiger partial charge in [0.05, 0.1) is 12.5 Å². The standard InChI is InChI=1S/C16H25N5O2/c1-10-12(6-7-13(22)18-9-5-8-17)11(2)19-15-14(10)16(23-4)20-21(15)3/h5-9,17H2,1-4H3,(H,18,22). The van der Waals surface area contributed by atoms with Gasteiger partial charge < -0.3 is 15.8 Å². The Morgan fingerprint density at radius 1 is 1.39 bits per heavy atom. The number of aryl methyl sites for hydroxylation is 3. The van der Waals surface area contributed by atoms with Gasteiger partial charge in [-0.3, -0.25) is 4.79 Å². The Kier molecular flexibility index (Phi) is 5.54. The van der Waals surface area contributed by atoms with Crippen LogP contribution in [0.2, 0.25) is 0 Å². The zero-order valence-electron chi connectivity index (χ0n) is 14.3. The lowest BCUT2D eigenvalue weighted by Crippen LogP contribution is -2.26. The summed E-state index contributed by atoms with van der Waals surface area (Å²) in [7, 11) is 3.45. The van der Waals surface area contributed by atoms with Crippen molar-refractivity contribution in [3.8, 4) is 5.88 Å². The van der Waals surface area contributed by atoms with Crippen molar-refractivity contribution in [3.05, 3.63) is 16.8 Å². The average molecular weight is 319 g/mol. The molecule has 0 aliphatic carbocycles. The predicted molar refractivity (Wildman–Crippen MR) is 89.5 cm³/mol. The fraction of sp³-hybridized carbons (Fsp3) is 0.562. The second-order valence-electron chi connectivity index (χ2n) is 5.62. The Bertz CT molecular complexity index is 708. The molecular formula is C16H25N5O2. The Morgan fingerprint density at radius 2 is 2.13 bits per heavy atom. The highest BCUT2D eigenvalue weighted by Gasteiger charge is 2.18. The summed E-state index contributed by atoms with van der Waals surface area (Å²) in [6.07, 6.45) is 1.87. The fourth-order valence-corrected chi connectivity index (χ4v) is 2.76. The van der Waals surface area contributed by atoms with Crippen LogP contribution in [0.25, 0.3) is 11.0 Å². The van der Waals surface area contributed by atoms with E-state index < -0.39 is 0 Å². The quantitative estimate of drug-likeness (QED) is 0.742. The van der Waals surface area contributed by atoms with Crippen molar-refractivity contribution < 1.29 is 9.53 Å². The minimum absolute atomic E-state index is 0.0375. The first-order chi connectivity index (χ1) is 11.0. The number of pyridine rings is 1. The van der Waals surface area contributed by atoms with Crippen molar-refractivity contribution in [3.63, 3.8) is 0 Å². The molecule has 3 N–H and O–H groups in total. The molecule has 2 rings (SSSR count). The Morgan fingerprint density at radius 3 is 2.78 bits per heavy atom. The number of carbonyl (C=O) groups excluding carboxylic acids is 1. The highest BCUT2D eigenvalue weighted by molar-refractivity contribution is 5.86. The Labute approximate surface area is 136 Å². The summed E-state index contributed by atoms with van der Waals surface area (Å²) >= 11 is 0. The SMILES string of the molecule is COc1nn(C)c2nc(C)c(CCC(=O)NCCCN)c(C)c12. The number of fused-ring (bicyclic) bond motifs is 1. The number of amides is 1. The summed E-state index contributed by atoms with van der Waals surface area (Å²) in [4.78, 5) is 16.5. The first-order valence-electron chi connectivity index (χ1n) is 7.83. The van der Waals surface area contributed by atoms with Crippen LogP contribution in [0.1, 0.15) is 29.7 Å². The monoisotopic (exact) mass is 319 g/mol. The second kappa shape index (κ2) is 7.41. The molecule has 0 aromatic carbocycles. The molecule has 2 aromatic heterocycles. The van der Waals surface area contributed by atoms with Crippen molar-refractivity contribution >= 4 is 16.9 Å². The molecule has 0 fully saturated rings. The molecule has 7 nitrogen and oxygen atoms in total. The van der Waals surface area contributed by atoms with E-state index in [0.29, 0.717) is 31.8 Å². The van der Waals surface area contributed by atoms with Gasteiger partial charge in [0.25, 0.3) is 0 Å². The maximum absolute atomic E-state index is 11.9. The largest absolute Gasteiger partial charge is 0.479 e. The minimum Gasteiger partial charge on any atom is -0.479 e. The smallest absolute Gasteiger partial charge is 0.242 e. The molecule has 0 bridgehead atoms. The summed E-state index contributed by atoms with van der Waals surface area (Å²) in [6.45, 7) is 5.21. The molecule has 126 valence electrons. The number of nitrogens with two attached hydrogens (primary N) is 1. The lowest BCUT2D eigenvalue weighted by atomic mass is 10.00. The van der Waals surface area contributed by atoms with Gasteiger partial charge in [-0.15, -0.1) is 5.10 Å². The van der Waals surface area contributed by atoms with Crippen molar-refractivity contribution in [2.75, 3.05) is 20.2 Å². The van der Waals surface area contributed by atoms with Gasteiger partial charge in [0.2, 0.25) is 11.8 Å². The number of nitrogens with one attached hydrogen (secondary N) is 1. The molecule has 0 saturated carbocycles. The van der Waals surface area contributed by atoms with Crippen molar-refractivity contribution in [2.24, 2.45) is 12.8 Å². The zero-order chi connectivity index (χ0) is 17.0. The highest BCUT2D eigenvalue weighted by Crippen LogP contribution is 2.30. The average Bonchev–Trinajstić information content (AvgIpc) is 2.83. The van der Waals surface area contributed by atoms with Crippen LogP contribution in [0.4, 0.5) is 0 Å². The van der Waals surface area contributed by atoms with E-state index in [9.17, 15) is 4.79 Å². The van der Waals surface area contributed by atoms with Crippen molar-refractivity contribution in [1.29, 1.82) is 0 Å². The van der Waals surface area contributed by atoms with Crippen LogP contribution < -0.4 is 15.8 Å². The molecule has 2 heterocycles. The van der Waals surface area contributed by atoms with Gasteiger partial charge in [-0.1, -0.05) is 0 Å². The number of ether oxygens (including phenoxy) is 1. The Hall–Kier alpha value is -2.15.